The Hall–Kier alpha value is 0.990. The zero-order chi connectivity index (χ0) is 16.5. The Morgan fingerprint density at radius 3 is 2.08 bits per heavy atom. The molecule has 1 unspecified atom stereocenters. The van der Waals surface area contributed by atoms with Crippen molar-refractivity contribution >= 4 is 31.7 Å². The first-order chi connectivity index (χ1) is 10.9. The molecule has 0 spiro atoms. The Bertz CT molecular complexity index is 304. The van der Waals surface area contributed by atoms with E-state index in [4.69, 9.17) is 5.73 Å². The molecule has 2 aliphatic carbocycles. The van der Waals surface area contributed by atoms with E-state index in [2.05, 4.69) is 31.6 Å². The molecule has 0 radical (unpaired) electrons. The molecule has 0 amide bonds. The molecule has 0 aliphatic heterocycles. The van der Waals surface area contributed by atoms with Gasteiger partial charge in [-0.1, -0.05) is 64.7 Å². The number of fused-ring (bicyclic) bond motifs is 1. The predicted octanol–water partition coefficient (Wildman–Crippen LogP) is 7.49. The van der Waals surface area contributed by atoms with Gasteiger partial charge in [-0.25, -0.2) is 18.1 Å². The second kappa shape index (κ2) is 30.7. The summed E-state index contributed by atoms with van der Waals surface area (Å²) in [5.41, 5.74) is 8.53. The van der Waals surface area contributed by atoms with Crippen LogP contribution in [0.2, 0.25) is 0 Å². The van der Waals surface area contributed by atoms with Crippen molar-refractivity contribution in [3.63, 3.8) is 0 Å². The van der Waals surface area contributed by atoms with Crippen molar-refractivity contribution in [2.75, 3.05) is 6.54 Å². The number of halogens is 2. The Morgan fingerprint density at radius 1 is 1.04 bits per heavy atom. The molecule has 26 heavy (non-hydrogen) atoms. The summed E-state index contributed by atoms with van der Waals surface area (Å²) in [5, 5.41) is 0. The minimum absolute atomic E-state index is 0. The second-order valence-electron chi connectivity index (χ2n) is 6.03. The topological polar surface area (TPSA) is 23.8 Å². The Kier molecular flexibility index (Phi) is 44.5. The summed E-state index contributed by atoms with van der Waals surface area (Å²) in [7, 11) is 0. The monoisotopic (exact) mass is 497 g/mol. The molecule has 0 aromatic carbocycles. The van der Waals surface area contributed by atoms with Crippen LogP contribution in [0.5, 0.6) is 0 Å². The van der Waals surface area contributed by atoms with Crippen molar-refractivity contribution in [3.05, 3.63) is 50.8 Å². The van der Waals surface area contributed by atoms with Gasteiger partial charge in [-0.2, -0.15) is 6.54 Å². The molecule has 2 rings (SSSR count). The van der Waals surface area contributed by atoms with Crippen molar-refractivity contribution in [3.8, 4) is 0 Å². The molecule has 1 atom stereocenters. The van der Waals surface area contributed by atoms with Crippen LogP contribution in [0, 0.1) is 27.2 Å². The Morgan fingerprint density at radius 2 is 1.58 bits per heavy atom. The van der Waals surface area contributed by atoms with E-state index in [0.717, 1.165) is 12.3 Å². The van der Waals surface area contributed by atoms with Crippen LogP contribution >= 0.6 is 24.8 Å². The van der Waals surface area contributed by atoms with Gasteiger partial charge in [0, 0.05) is 0 Å². The first kappa shape index (κ1) is 37.7. The summed E-state index contributed by atoms with van der Waals surface area (Å²) in [6.45, 7) is 4.82. The van der Waals surface area contributed by atoms with Gasteiger partial charge in [0.25, 0.3) is 0 Å². The van der Waals surface area contributed by atoms with Gasteiger partial charge >= 0.3 is 30.2 Å². The summed E-state index contributed by atoms with van der Waals surface area (Å²) >= 11 is 1.58. The van der Waals surface area contributed by atoms with Crippen molar-refractivity contribution in [2.45, 2.75) is 77.6 Å². The number of hydrogen-bond acceptors (Lipinski definition) is 0. The van der Waals surface area contributed by atoms with Crippen molar-refractivity contribution in [2.24, 2.45) is 5.92 Å². The van der Waals surface area contributed by atoms with Crippen LogP contribution < -0.4 is 0 Å². The average molecular weight is 500 g/mol. The van der Waals surface area contributed by atoms with E-state index in [0.29, 0.717) is 6.54 Å². The molecule has 2 aliphatic rings. The Balaban J connectivity index is -0.0000000908. The SMILES string of the molecule is C1=CCC2CC[CH-]C2=C1.CCCCCCCCCC[NH-].Cl.Cl.[CH3-].[CH3-].[SiH2]=[Zr]. The fourth-order valence-corrected chi connectivity index (χ4v) is 2.92. The van der Waals surface area contributed by atoms with Crippen LogP contribution in [0.15, 0.2) is 23.8 Å². The number of unbranched alkanes of at least 4 members (excludes halogenated alkanes) is 7. The van der Waals surface area contributed by atoms with E-state index in [1.165, 1.54) is 64.2 Å². The van der Waals surface area contributed by atoms with Gasteiger partial charge in [-0.3, -0.25) is 0 Å². The quantitative estimate of drug-likeness (QED) is 0.188. The van der Waals surface area contributed by atoms with Gasteiger partial charge in [0.15, 0.2) is 0 Å². The molecule has 0 saturated heterocycles. The Labute approximate surface area is 194 Å². The third-order valence-corrected chi connectivity index (χ3v) is 4.24. The van der Waals surface area contributed by atoms with Crippen LogP contribution in [-0.2, 0) is 23.3 Å². The third kappa shape index (κ3) is 21.3. The van der Waals surface area contributed by atoms with Crippen molar-refractivity contribution in [1.29, 1.82) is 0 Å². The van der Waals surface area contributed by atoms with Crippen LogP contribution in [0.25, 0.3) is 5.73 Å². The minimum atomic E-state index is 0. The third-order valence-electron chi connectivity index (χ3n) is 4.24. The van der Waals surface area contributed by atoms with E-state index >= 15 is 0 Å². The first-order valence-corrected chi connectivity index (χ1v) is 15.0. The van der Waals surface area contributed by atoms with Gasteiger partial charge in [0.2, 0.25) is 0 Å². The molecular weight excluding hydrogens is 456 g/mol. The van der Waals surface area contributed by atoms with Crippen molar-refractivity contribution < 1.29 is 23.3 Å². The van der Waals surface area contributed by atoms with Gasteiger partial charge in [-0.15, -0.1) is 43.4 Å². The second-order valence-corrected chi connectivity index (χ2v) is 6.03. The standard InChI is InChI=1S/C10H22N.C9H11.2CH3.2ClH.H2Si.Zr/c1-2-3-4-5-6-7-8-9-10-11;1-2-5-9-7-3-6-8(9)4-1;;;;;;/h11H,2-10H2,1H3;1-2,4,6,9H,3,5,7H2;2*1H3;2*1H;1H2;/q4*-1;;;;. The van der Waals surface area contributed by atoms with E-state index in [1.54, 1.807) is 28.9 Å². The molecule has 158 valence electrons. The molecule has 0 aromatic rings. The maximum atomic E-state index is 6.95. The summed E-state index contributed by atoms with van der Waals surface area (Å²) in [6.07, 6.45) is 23.7. The van der Waals surface area contributed by atoms with E-state index in [-0.39, 0.29) is 39.7 Å². The average Bonchev–Trinajstić information content (AvgIpc) is 3.05. The number of nitrogens with one attached hydrogen (secondary N) is 1. The fourth-order valence-electron chi connectivity index (χ4n) is 2.92. The van der Waals surface area contributed by atoms with Crippen LogP contribution in [0.4, 0.5) is 0 Å². The van der Waals surface area contributed by atoms with Gasteiger partial charge in [0.05, 0.1) is 0 Å². The van der Waals surface area contributed by atoms with Gasteiger partial charge in [-0.05, 0) is 12.3 Å². The molecule has 0 heterocycles. The molecule has 0 aromatic heterocycles. The van der Waals surface area contributed by atoms with E-state index in [1.807, 2.05) is 6.88 Å². The zero-order valence-corrected chi connectivity index (χ0v) is 22.9. The molecule has 1 fully saturated rings. The van der Waals surface area contributed by atoms with Crippen LogP contribution in [-0.4, -0.2) is 13.4 Å². The molecule has 5 heteroatoms. The first-order valence-electron chi connectivity index (χ1n) is 9.08. The van der Waals surface area contributed by atoms with Crippen LogP contribution in [0.1, 0.15) is 77.6 Å². The summed E-state index contributed by atoms with van der Waals surface area (Å²) in [5.74, 6) is 0.884. The number of rotatable bonds is 8. The maximum absolute atomic E-state index is 6.95. The predicted molar refractivity (Wildman–Crippen MR) is 127 cm³/mol. The summed E-state index contributed by atoms with van der Waals surface area (Å²) in [6, 6.07) is 0. The van der Waals surface area contributed by atoms with E-state index < -0.39 is 0 Å². The van der Waals surface area contributed by atoms with Gasteiger partial charge < -0.3 is 20.6 Å². The van der Waals surface area contributed by atoms with Crippen LogP contribution in [0.3, 0.4) is 0 Å². The summed E-state index contributed by atoms with van der Waals surface area (Å²) in [4.78, 5) is 0. The molecule has 1 nitrogen and oxygen atoms in total. The van der Waals surface area contributed by atoms with Gasteiger partial charge in [0.1, 0.15) is 0 Å². The number of hydrogen-bond donors (Lipinski definition) is 0. The van der Waals surface area contributed by atoms with E-state index in [9.17, 15) is 0 Å². The molecule has 1 N–H and O–H groups in total. The molecule has 1 saturated carbocycles. The zero-order valence-electron chi connectivity index (χ0n) is 17.4. The summed E-state index contributed by atoms with van der Waals surface area (Å²) < 4.78 is 0. The number of allylic oxidation sites excluding steroid dienone is 4. The normalized spacial score (nSPS) is 15.3. The molecule has 0 bridgehead atoms. The van der Waals surface area contributed by atoms with Crippen molar-refractivity contribution in [1.82, 2.24) is 0 Å². The fraction of sp³-hybridized carbons (Fsp3) is 0.667. The molecular formula is C21H43Cl2NSiZr-4.